The number of phosphoric ester groups is 1. The largest absolute Gasteiger partial charge is 0.472 e. The number of ether oxygens (including phenoxy) is 2. The van der Waals surface area contributed by atoms with Crippen LogP contribution in [0.3, 0.4) is 0 Å². The van der Waals surface area contributed by atoms with Crippen molar-refractivity contribution >= 4 is 19.8 Å². The molecule has 0 saturated carbocycles. The van der Waals surface area contributed by atoms with Crippen molar-refractivity contribution in [1.82, 2.24) is 0 Å². The number of carbonyl (C=O) groups excluding carboxylic acids is 2. The Hall–Kier alpha value is -0.990. The van der Waals surface area contributed by atoms with Gasteiger partial charge in [-0.1, -0.05) is 206 Å². The standard InChI is InChI=1S/C46H92NO8P/c1-6-8-10-12-14-16-18-20-22-23-25-26-28-30-32-34-36-38-45(48)52-42-44(43-54-56(50,51)53-41-40-47(3,4)5)55-46(49)39-37-35-33-31-29-27-24-21-19-17-15-13-11-9-7-2/h44H,6-43H2,1-5H3/p+1. The van der Waals surface area contributed by atoms with Crippen LogP contribution in [-0.4, -0.2) is 74.9 Å². The number of phosphoric acid groups is 1. The number of hydrogen-bond acceptors (Lipinski definition) is 7. The minimum Gasteiger partial charge on any atom is -0.462 e. The van der Waals surface area contributed by atoms with Crippen LogP contribution in [0, 0.1) is 0 Å². The first kappa shape index (κ1) is 55.0. The van der Waals surface area contributed by atoms with Gasteiger partial charge in [0.2, 0.25) is 0 Å². The van der Waals surface area contributed by atoms with Gasteiger partial charge in [-0.3, -0.25) is 18.6 Å². The van der Waals surface area contributed by atoms with Gasteiger partial charge in [-0.15, -0.1) is 0 Å². The van der Waals surface area contributed by atoms with Crippen molar-refractivity contribution in [2.24, 2.45) is 0 Å². The van der Waals surface area contributed by atoms with E-state index in [0.717, 1.165) is 38.5 Å². The van der Waals surface area contributed by atoms with Crippen molar-refractivity contribution < 1.29 is 42.1 Å². The second-order valence-corrected chi connectivity index (χ2v) is 19.0. The van der Waals surface area contributed by atoms with E-state index in [1.54, 1.807) is 0 Å². The van der Waals surface area contributed by atoms with Gasteiger partial charge in [0.25, 0.3) is 0 Å². The van der Waals surface area contributed by atoms with Gasteiger partial charge in [0.1, 0.15) is 19.8 Å². The highest BCUT2D eigenvalue weighted by molar-refractivity contribution is 7.47. The minimum absolute atomic E-state index is 0.0370. The molecular weight excluding hydrogens is 725 g/mol. The molecule has 0 radical (unpaired) electrons. The summed E-state index contributed by atoms with van der Waals surface area (Å²) in [6, 6.07) is 0. The van der Waals surface area contributed by atoms with E-state index in [1.165, 1.54) is 167 Å². The fourth-order valence-corrected chi connectivity index (χ4v) is 7.64. The molecule has 334 valence electrons. The number of carbonyl (C=O) groups is 2. The monoisotopic (exact) mass is 819 g/mol. The molecule has 0 aromatic rings. The Balaban J connectivity index is 4.26. The summed E-state index contributed by atoms with van der Waals surface area (Å²) < 4.78 is 34.4. The third-order valence-electron chi connectivity index (χ3n) is 10.6. The van der Waals surface area contributed by atoms with Crippen molar-refractivity contribution in [1.29, 1.82) is 0 Å². The fraction of sp³-hybridized carbons (Fsp3) is 0.957. The first-order chi connectivity index (χ1) is 27.0. The Labute approximate surface area is 346 Å². The van der Waals surface area contributed by atoms with Gasteiger partial charge >= 0.3 is 19.8 Å². The molecule has 0 aliphatic heterocycles. The van der Waals surface area contributed by atoms with E-state index >= 15 is 0 Å². The van der Waals surface area contributed by atoms with Gasteiger partial charge in [0.05, 0.1) is 27.7 Å². The normalized spacial score (nSPS) is 13.5. The fourth-order valence-electron chi connectivity index (χ4n) is 6.90. The first-order valence-electron chi connectivity index (χ1n) is 23.8. The highest BCUT2D eigenvalue weighted by atomic mass is 31.2. The Morgan fingerprint density at radius 3 is 1.14 bits per heavy atom. The molecule has 0 aliphatic rings. The number of nitrogens with zero attached hydrogens (tertiary/aromatic N) is 1. The summed E-state index contributed by atoms with van der Waals surface area (Å²) in [4.78, 5) is 35.4. The lowest BCUT2D eigenvalue weighted by Gasteiger charge is -2.24. The number of unbranched alkanes of at least 4 members (excludes halogenated alkanes) is 30. The molecule has 0 aliphatic carbocycles. The van der Waals surface area contributed by atoms with Crippen LogP contribution in [0.4, 0.5) is 0 Å². The molecule has 0 amide bonds. The van der Waals surface area contributed by atoms with E-state index in [4.69, 9.17) is 18.5 Å². The predicted molar refractivity (Wildman–Crippen MR) is 234 cm³/mol. The molecule has 0 saturated heterocycles. The van der Waals surface area contributed by atoms with Crippen LogP contribution in [0.2, 0.25) is 0 Å². The Kier molecular flexibility index (Phi) is 38.8. The van der Waals surface area contributed by atoms with E-state index < -0.39 is 26.5 Å². The van der Waals surface area contributed by atoms with Crippen LogP contribution in [0.25, 0.3) is 0 Å². The molecule has 2 atom stereocenters. The average molecular weight is 819 g/mol. The smallest absolute Gasteiger partial charge is 0.462 e. The summed E-state index contributed by atoms with van der Waals surface area (Å²) in [5, 5.41) is 0. The van der Waals surface area contributed by atoms with Crippen LogP contribution in [0.1, 0.15) is 232 Å². The molecule has 1 N–H and O–H groups in total. The minimum atomic E-state index is -4.37. The van der Waals surface area contributed by atoms with Crippen molar-refractivity contribution in [3.05, 3.63) is 0 Å². The van der Waals surface area contributed by atoms with E-state index in [2.05, 4.69) is 13.8 Å². The van der Waals surface area contributed by atoms with E-state index in [0.29, 0.717) is 17.4 Å². The van der Waals surface area contributed by atoms with E-state index in [9.17, 15) is 19.0 Å². The van der Waals surface area contributed by atoms with Gasteiger partial charge in [0, 0.05) is 12.8 Å². The number of likely N-dealkylation sites (N-methyl/N-ethyl adjacent to an activating group) is 1. The summed E-state index contributed by atoms with van der Waals surface area (Å²) in [6.07, 6.45) is 40.0. The zero-order valence-corrected chi connectivity index (χ0v) is 38.5. The molecule has 0 heterocycles. The number of esters is 2. The van der Waals surface area contributed by atoms with E-state index in [-0.39, 0.29) is 25.6 Å². The number of hydrogen-bond donors (Lipinski definition) is 1. The highest BCUT2D eigenvalue weighted by Gasteiger charge is 2.27. The van der Waals surface area contributed by atoms with Crippen LogP contribution in [-0.2, 0) is 32.7 Å². The molecule has 0 aromatic carbocycles. The summed E-state index contributed by atoms with van der Waals surface area (Å²) in [6.45, 7) is 4.47. The lowest BCUT2D eigenvalue weighted by atomic mass is 10.0. The molecule has 56 heavy (non-hydrogen) atoms. The van der Waals surface area contributed by atoms with Crippen LogP contribution in [0.15, 0.2) is 0 Å². The van der Waals surface area contributed by atoms with Crippen LogP contribution < -0.4 is 0 Å². The second kappa shape index (κ2) is 39.5. The van der Waals surface area contributed by atoms with Crippen LogP contribution >= 0.6 is 7.82 Å². The Morgan fingerprint density at radius 1 is 0.482 bits per heavy atom. The van der Waals surface area contributed by atoms with Crippen molar-refractivity contribution in [2.45, 2.75) is 238 Å². The van der Waals surface area contributed by atoms with Crippen molar-refractivity contribution in [3.8, 4) is 0 Å². The van der Waals surface area contributed by atoms with E-state index in [1.807, 2.05) is 21.1 Å². The summed E-state index contributed by atoms with van der Waals surface area (Å²) in [7, 11) is 1.49. The second-order valence-electron chi connectivity index (χ2n) is 17.5. The zero-order chi connectivity index (χ0) is 41.4. The lowest BCUT2D eigenvalue weighted by Crippen LogP contribution is -2.37. The molecule has 2 unspecified atom stereocenters. The third-order valence-corrected chi connectivity index (χ3v) is 11.6. The molecular formula is C46H93NO8P+. The number of quaternary nitrogens is 1. The maximum atomic E-state index is 12.7. The molecule has 0 bridgehead atoms. The summed E-state index contributed by atoms with van der Waals surface area (Å²) in [5.74, 6) is -0.781. The van der Waals surface area contributed by atoms with Gasteiger partial charge in [0.15, 0.2) is 6.10 Å². The maximum Gasteiger partial charge on any atom is 0.472 e. The van der Waals surface area contributed by atoms with Gasteiger partial charge in [-0.25, -0.2) is 4.57 Å². The van der Waals surface area contributed by atoms with Crippen molar-refractivity contribution in [2.75, 3.05) is 47.5 Å². The maximum absolute atomic E-state index is 12.7. The first-order valence-corrected chi connectivity index (χ1v) is 25.3. The SMILES string of the molecule is CCCCCCCCCCCCCCCCCCCC(=O)OCC(COP(=O)(O)OCC[N+](C)(C)C)OC(=O)CCCCCCCCCCCCCCCCC. The predicted octanol–water partition coefficient (Wildman–Crippen LogP) is 13.6. The molecule has 9 nitrogen and oxygen atoms in total. The molecule has 10 heteroatoms. The van der Waals surface area contributed by atoms with Gasteiger partial charge < -0.3 is 18.9 Å². The van der Waals surface area contributed by atoms with Gasteiger partial charge in [-0.2, -0.15) is 0 Å². The third kappa shape index (κ3) is 42.6. The topological polar surface area (TPSA) is 108 Å². The Bertz CT molecular complexity index is 927. The van der Waals surface area contributed by atoms with Crippen LogP contribution in [0.5, 0.6) is 0 Å². The average Bonchev–Trinajstić information content (AvgIpc) is 3.15. The molecule has 0 fully saturated rings. The molecule has 0 aromatic heterocycles. The quantitative estimate of drug-likeness (QED) is 0.0280. The highest BCUT2D eigenvalue weighted by Crippen LogP contribution is 2.43. The zero-order valence-electron chi connectivity index (χ0n) is 37.6. The number of rotatable bonds is 44. The summed E-state index contributed by atoms with van der Waals surface area (Å²) >= 11 is 0. The molecule has 0 spiro atoms. The van der Waals surface area contributed by atoms with Gasteiger partial charge in [-0.05, 0) is 12.8 Å². The Morgan fingerprint density at radius 2 is 0.804 bits per heavy atom. The van der Waals surface area contributed by atoms with Crippen molar-refractivity contribution in [3.63, 3.8) is 0 Å². The molecule has 0 rings (SSSR count). The lowest BCUT2D eigenvalue weighted by molar-refractivity contribution is -0.870. The summed E-state index contributed by atoms with van der Waals surface area (Å²) in [5.41, 5.74) is 0.